The van der Waals surface area contributed by atoms with Crippen molar-refractivity contribution < 1.29 is 25.9 Å². The number of fused-ring (bicyclic) bond motifs is 2. The van der Waals surface area contributed by atoms with Crippen LogP contribution in [-0.4, -0.2) is 63.7 Å². The second-order valence-corrected chi connectivity index (χ2v) is 15.7. The number of aryl methyl sites for hydroxylation is 2. The molecule has 0 aliphatic rings. The molecule has 0 amide bonds. The van der Waals surface area contributed by atoms with Gasteiger partial charge < -0.3 is 9.11 Å². The predicted molar refractivity (Wildman–Crippen MR) is 202 cm³/mol. The minimum atomic E-state index is -4.39. The monoisotopic (exact) mass is 734 g/mol. The molecule has 0 aromatic heterocycles. The summed E-state index contributed by atoms with van der Waals surface area (Å²) in [6.45, 7) is 4.47. The number of hydrogen-bond donors (Lipinski definition) is 0. The van der Waals surface area contributed by atoms with Crippen LogP contribution >= 0.6 is 0 Å². The predicted octanol–water partition coefficient (Wildman–Crippen LogP) is 10.5. The van der Waals surface area contributed by atoms with E-state index in [1.165, 1.54) is 125 Å². The zero-order chi connectivity index (χ0) is 34.8. The average Bonchev–Trinajstić information content (AvgIpc) is 3.06. The van der Waals surface area contributed by atoms with Gasteiger partial charge in [-0.05, 0) is 82.6 Å². The summed E-state index contributed by atoms with van der Waals surface area (Å²) in [6, 6.07) is 21.1. The Morgan fingerprint density at radius 1 is 0.449 bits per heavy atom. The summed E-state index contributed by atoms with van der Waals surface area (Å²) in [7, 11) is -8.78. The number of hydrogen-bond acceptors (Lipinski definition) is 6. The van der Waals surface area contributed by atoms with E-state index in [0.29, 0.717) is 0 Å². The van der Waals surface area contributed by atoms with Crippen molar-refractivity contribution >= 4 is 79.5 Å². The Hall–Kier alpha value is -1.52. The third-order valence-corrected chi connectivity index (χ3v) is 10.7. The molecule has 0 aliphatic heterocycles. The van der Waals surface area contributed by atoms with Crippen LogP contribution in [0.5, 0.6) is 0 Å². The number of benzene rings is 4. The van der Waals surface area contributed by atoms with Gasteiger partial charge in [-0.25, -0.2) is 16.8 Å². The maximum absolute atomic E-state index is 11.1. The molecule has 0 spiro atoms. The van der Waals surface area contributed by atoms with Crippen molar-refractivity contribution in [1.29, 1.82) is 0 Å². The van der Waals surface area contributed by atoms with E-state index >= 15 is 0 Å². The maximum atomic E-state index is 11.1. The van der Waals surface area contributed by atoms with Crippen molar-refractivity contribution in [2.45, 2.75) is 139 Å². The van der Waals surface area contributed by atoms with Gasteiger partial charge in [0.1, 0.15) is 20.2 Å². The van der Waals surface area contributed by atoms with E-state index in [1.807, 2.05) is 24.3 Å². The molecule has 0 bridgehead atoms. The fourth-order valence-corrected chi connectivity index (χ4v) is 7.32. The van der Waals surface area contributed by atoms with E-state index in [4.69, 9.17) is 0 Å². The van der Waals surface area contributed by atoms with Gasteiger partial charge in [-0.1, -0.05) is 152 Å². The van der Waals surface area contributed by atoms with Gasteiger partial charge in [-0.15, -0.1) is 0 Å². The van der Waals surface area contributed by atoms with E-state index in [2.05, 4.69) is 26.0 Å². The first-order valence-corrected chi connectivity index (χ1v) is 20.8. The number of rotatable bonds is 20. The molecule has 0 saturated carbocycles. The Morgan fingerprint density at radius 3 is 1.10 bits per heavy atom. The molecule has 4 aromatic rings. The fourth-order valence-electron chi connectivity index (χ4n) is 6.30. The van der Waals surface area contributed by atoms with Crippen molar-refractivity contribution in [2.24, 2.45) is 0 Å². The van der Waals surface area contributed by atoms with E-state index in [-0.39, 0.29) is 47.5 Å². The van der Waals surface area contributed by atoms with Gasteiger partial charge in [0.2, 0.25) is 0 Å². The van der Waals surface area contributed by atoms with Crippen LogP contribution in [0.1, 0.15) is 128 Å². The van der Waals surface area contributed by atoms with Crippen molar-refractivity contribution in [3.8, 4) is 0 Å². The quantitative estimate of drug-likeness (QED) is 0.0507. The zero-order valence-corrected chi connectivity index (χ0v) is 33.5. The Kier molecular flexibility index (Phi) is 20.6. The molecule has 0 atom stereocenters. The van der Waals surface area contributed by atoms with Gasteiger partial charge in [0.15, 0.2) is 0 Å². The summed E-state index contributed by atoms with van der Waals surface area (Å²) in [5.74, 6) is 0. The van der Waals surface area contributed by atoms with E-state index in [1.54, 1.807) is 12.1 Å². The van der Waals surface area contributed by atoms with Crippen LogP contribution in [-0.2, 0) is 33.1 Å². The molecule has 6 nitrogen and oxygen atoms in total. The fraction of sp³-hybridized carbons (Fsp3) is 0.500. The molecule has 0 fully saturated rings. The second kappa shape index (κ2) is 23.1. The number of unbranched alkanes of at least 4 members (excludes halogenated alkanes) is 14. The molecular formula is C40H54CaO6S2. The molecule has 4 aromatic carbocycles. The van der Waals surface area contributed by atoms with Crippen LogP contribution in [0.15, 0.2) is 82.6 Å². The average molecular weight is 735 g/mol. The minimum absolute atomic E-state index is 0. The van der Waals surface area contributed by atoms with Crippen LogP contribution in [0, 0.1) is 0 Å². The maximum Gasteiger partial charge on any atom is 2.00 e. The molecule has 0 aliphatic carbocycles. The Labute approximate surface area is 326 Å². The molecule has 4 rings (SSSR count). The third kappa shape index (κ3) is 15.7. The summed E-state index contributed by atoms with van der Waals surface area (Å²) in [6.07, 6.45) is 22.6. The van der Waals surface area contributed by atoms with E-state index in [9.17, 15) is 25.9 Å². The topological polar surface area (TPSA) is 114 Å². The smallest absolute Gasteiger partial charge is 0.744 e. The van der Waals surface area contributed by atoms with Crippen molar-refractivity contribution in [1.82, 2.24) is 0 Å². The standard InChI is InChI=1S/2C20H28O3S.Ca/c2*1-2-3-4-5-6-7-8-9-11-17-12-10-13-18-16-19(24(21,22)23)14-15-20(17)18;/h2*10,12-16H,2-9,11H2,1H3,(H,21,22,23);/q;;+2/p-2. The first-order chi connectivity index (χ1) is 23.0. The summed E-state index contributed by atoms with van der Waals surface area (Å²) in [5, 5.41) is 3.74. The third-order valence-electron chi connectivity index (χ3n) is 9.06. The van der Waals surface area contributed by atoms with Crippen molar-refractivity contribution in [3.05, 3.63) is 83.9 Å². The normalized spacial score (nSPS) is 11.7. The Bertz CT molecular complexity index is 1640. The molecule has 0 saturated heterocycles. The molecule has 9 heteroatoms. The molecule has 0 unspecified atom stereocenters. The van der Waals surface area contributed by atoms with Crippen LogP contribution in [0.25, 0.3) is 21.5 Å². The second-order valence-electron chi connectivity index (χ2n) is 13.0. The van der Waals surface area contributed by atoms with Gasteiger partial charge in [-0.2, -0.15) is 0 Å². The largest absolute Gasteiger partial charge is 2.00 e. The molecule has 49 heavy (non-hydrogen) atoms. The van der Waals surface area contributed by atoms with Crippen LogP contribution in [0.4, 0.5) is 0 Å². The van der Waals surface area contributed by atoms with Crippen LogP contribution in [0.2, 0.25) is 0 Å². The van der Waals surface area contributed by atoms with Crippen molar-refractivity contribution in [2.75, 3.05) is 0 Å². The van der Waals surface area contributed by atoms with Crippen molar-refractivity contribution in [3.63, 3.8) is 0 Å². The molecule has 0 radical (unpaired) electrons. The van der Waals surface area contributed by atoms with Gasteiger partial charge >= 0.3 is 37.7 Å². The zero-order valence-electron chi connectivity index (χ0n) is 29.6. The Balaban J connectivity index is 0.000000333. The first-order valence-electron chi connectivity index (χ1n) is 18.0. The summed E-state index contributed by atoms with van der Waals surface area (Å²) >= 11 is 0. The van der Waals surface area contributed by atoms with Crippen LogP contribution in [0.3, 0.4) is 0 Å². The van der Waals surface area contributed by atoms with Gasteiger partial charge in [0, 0.05) is 0 Å². The van der Waals surface area contributed by atoms with Gasteiger partial charge in [0.05, 0.1) is 9.79 Å². The summed E-state index contributed by atoms with van der Waals surface area (Å²) < 4.78 is 66.9. The first kappa shape index (κ1) is 43.6. The molecular weight excluding hydrogens is 681 g/mol. The Morgan fingerprint density at radius 2 is 0.776 bits per heavy atom. The summed E-state index contributed by atoms with van der Waals surface area (Å²) in [5.41, 5.74) is 2.46. The van der Waals surface area contributed by atoms with Gasteiger partial charge in [-0.3, -0.25) is 0 Å². The van der Waals surface area contributed by atoms with E-state index in [0.717, 1.165) is 47.2 Å². The van der Waals surface area contributed by atoms with E-state index < -0.39 is 20.2 Å². The van der Waals surface area contributed by atoms with Gasteiger partial charge in [0.25, 0.3) is 0 Å². The van der Waals surface area contributed by atoms with Crippen LogP contribution < -0.4 is 0 Å². The SMILES string of the molecule is CCCCCCCCCCc1cccc2cc(S(=O)(=O)[O-])ccc12.CCCCCCCCCCc1cccc2cc(S(=O)(=O)[O-])ccc12.[Ca+2]. The summed E-state index contributed by atoms with van der Waals surface area (Å²) in [4.78, 5) is -0.307. The minimum Gasteiger partial charge on any atom is -0.744 e. The molecule has 264 valence electrons. The molecule has 0 heterocycles. The molecule has 0 N–H and O–H groups in total.